The molecular weight excluding hydrogens is 304 g/mol. The van der Waals surface area contributed by atoms with E-state index >= 15 is 0 Å². The molecule has 0 spiro atoms. The quantitative estimate of drug-likeness (QED) is 0.828. The lowest BCUT2D eigenvalue weighted by Crippen LogP contribution is -2.41. The molecule has 1 unspecified atom stereocenters. The number of β-amino-alcohol motifs (C(OH)–C–C–N with tert-alkyl or cyclic N) is 1. The van der Waals surface area contributed by atoms with Gasteiger partial charge in [-0.05, 0) is 50.4 Å². The number of aliphatic hydroxyl groups is 1. The van der Waals surface area contributed by atoms with Crippen LogP contribution in [0, 0.1) is 12.8 Å². The average molecular weight is 334 g/mol. The highest BCUT2D eigenvalue weighted by atomic mass is 16.5. The number of piperidine rings is 1. The molecule has 1 aromatic carbocycles. The van der Waals surface area contributed by atoms with Crippen molar-refractivity contribution >= 4 is 5.91 Å². The fourth-order valence-electron chi connectivity index (χ4n) is 3.06. The summed E-state index contributed by atoms with van der Waals surface area (Å²) in [5.41, 5.74) is 1.08. The van der Waals surface area contributed by atoms with Crippen LogP contribution in [0.2, 0.25) is 0 Å². The van der Waals surface area contributed by atoms with Crippen molar-refractivity contribution in [2.45, 2.75) is 32.3 Å². The Morgan fingerprint density at radius 3 is 2.62 bits per heavy atom. The molecule has 0 aromatic heterocycles. The highest BCUT2D eigenvalue weighted by molar-refractivity contribution is 5.75. The molecule has 2 rings (SSSR count). The third kappa shape index (κ3) is 5.80. The lowest BCUT2D eigenvalue weighted by Gasteiger charge is -2.33. The molecule has 1 atom stereocenters. The van der Waals surface area contributed by atoms with Gasteiger partial charge in [-0.3, -0.25) is 4.79 Å². The van der Waals surface area contributed by atoms with Crippen LogP contribution >= 0.6 is 0 Å². The summed E-state index contributed by atoms with van der Waals surface area (Å²) < 4.78 is 5.71. The minimum atomic E-state index is -0.496. The minimum Gasteiger partial charge on any atom is -0.491 e. The minimum absolute atomic E-state index is 0.208. The van der Waals surface area contributed by atoms with Gasteiger partial charge in [-0.25, -0.2) is 0 Å². The van der Waals surface area contributed by atoms with E-state index in [-0.39, 0.29) is 5.91 Å². The molecule has 24 heavy (non-hydrogen) atoms. The third-order valence-electron chi connectivity index (χ3n) is 4.66. The molecule has 1 fully saturated rings. The van der Waals surface area contributed by atoms with Gasteiger partial charge in [-0.15, -0.1) is 0 Å². The van der Waals surface area contributed by atoms with Crippen molar-refractivity contribution in [1.82, 2.24) is 9.80 Å². The van der Waals surface area contributed by atoms with Crippen molar-refractivity contribution in [2.75, 3.05) is 40.3 Å². The van der Waals surface area contributed by atoms with Crippen LogP contribution in [0.3, 0.4) is 0 Å². The summed E-state index contributed by atoms with van der Waals surface area (Å²) in [6.07, 6.45) is 2.18. The van der Waals surface area contributed by atoms with Gasteiger partial charge >= 0.3 is 0 Å². The third-order valence-corrected chi connectivity index (χ3v) is 4.66. The number of rotatable bonds is 7. The van der Waals surface area contributed by atoms with Crippen molar-refractivity contribution < 1.29 is 14.6 Å². The van der Waals surface area contributed by atoms with E-state index in [1.165, 1.54) is 0 Å². The summed E-state index contributed by atoms with van der Waals surface area (Å²) >= 11 is 0. The van der Waals surface area contributed by atoms with Gasteiger partial charge in [-0.1, -0.05) is 18.2 Å². The van der Waals surface area contributed by atoms with Crippen LogP contribution < -0.4 is 4.74 Å². The van der Waals surface area contributed by atoms with Crippen molar-refractivity contribution in [1.29, 1.82) is 0 Å². The van der Waals surface area contributed by atoms with E-state index < -0.39 is 6.10 Å². The van der Waals surface area contributed by atoms with E-state index in [0.29, 0.717) is 25.5 Å². The number of benzene rings is 1. The summed E-state index contributed by atoms with van der Waals surface area (Å²) in [5, 5.41) is 10.2. The smallest absolute Gasteiger partial charge is 0.222 e. The Labute approximate surface area is 145 Å². The maximum Gasteiger partial charge on any atom is 0.222 e. The van der Waals surface area contributed by atoms with Gasteiger partial charge in [0.05, 0.1) is 0 Å². The number of hydrogen-bond acceptors (Lipinski definition) is 4. The Morgan fingerprint density at radius 2 is 2.00 bits per heavy atom. The van der Waals surface area contributed by atoms with E-state index in [4.69, 9.17) is 4.74 Å². The normalized spacial score (nSPS) is 17.5. The molecule has 0 saturated carbocycles. The van der Waals surface area contributed by atoms with E-state index in [1.54, 1.807) is 4.90 Å². The Kier molecular flexibility index (Phi) is 7.06. The first kappa shape index (κ1) is 18.7. The molecule has 0 aliphatic carbocycles. The second-order valence-electron chi connectivity index (χ2n) is 6.97. The number of amides is 1. The number of para-hydroxylation sites is 1. The summed E-state index contributed by atoms with van der Waals surface area (Å²) in [7, 11) is 3.62. The highest BCUT2D eigenvalue weighted by Gasteiger charge is 2.23. The molecule has 0 radical (unpaired) electrons. The van der Waals surface area contributed by atoms with Gasteiger partial charge in [-0.2, -0.15) is 0 Å². The van der Waals surface area contributed by atoms with E-state index in [2.05, 4.69) is 4.90 Å². The van der Waals surface area contributed by atoms with Gasteiger partial charge in [0.2, 0.25) is 5.91 Å². The Bertz CT molecular complexity index is 525. The largest absolute Gasteiger partial charge is 0.491 e. The highest BCUT2D eigenvalue weighted by Crippen LogP contribution is 2.21. The van der Waals surface area contributed by atoms with Gasteiger partial charge in [0, 0.05) is 27.1 Å². The molecular formula is C19H30N2O3. The number of ether oxygens (including phenoxy) is 1. The molecule has 1 aliphatic rings. The molecule has 134 valence electrons. The average Bonchev–Trinajstić information content (AvgIpc) is 2.56. The zero-order valence-corrected chi connectivity index (χ0v) is 15.1. The Morgan fingerprint density at radius 1 is 1.33 bits per heavy atom. The molecule has 5 heteroatoms. The van der Waals surface area contributed by atoms with Crippen LogP contribution in [-0.4, -0.2) is 67.3 Å². The maximum absolute atomic E-state index is 11.8. The monoisotopic (exact) mass is 334 g/mol. The van der Waals surface area contributed by atoms with Crippen LogP contribution in [-0.2, 0) is 4.79 Å². The fraction of sp³-hybridized carbons (Fsp3) is 0.632. The first-order chi connectivity index (χ1) is 11.5. The van der Waals surface area contributed by atoms with Crippen molar-refractivity contribution in [3.05, 3.63) is 29.8 Å². The van der Waals surface area contributed by atoms with Gasteiger partial charge in [0.15, 0.2) is 0 Å². The zero-order valence-electron chi connectivity index (χ0n) is 15.1. The van der Waals surface area contributed by atoms with Crippen LogP contribution in [0.25, 0.3) is 0 Å². The Hall–Kier alpha value is -1.59. The molecule has 1 saturated heterocycles. The molecule has 1 N–H and O–H groups in total. The standard InChI is InChI=1S/C19H30N2O3/c1-15-6-4-5-7-18(15)24-14-17(22)13-21-10-8-16(9-11-21)12-19(23)20(2)3/h4-7,16-17,22H,8-14H2,1-3H3. The van der Waals surface area contributed by atoms with E-state index in [0.717, 1.165) is 37.2 Å². The van der Waals surface area contributed by atoms with Crippen LogP contribution in [0.15, 0.2) is 24.3 Å². The first-order valence-corrected chi connectivity index (χ1v) is 8.74. The first-order valence-electron chi connectivity index (χ1n) is 8.74. The van der Waals surface area contributed by atoms with E-state index in [9.17, 15) is 9.90 Å². The van der Waals surface area contributed by atoms with Gasteiger partial charge in [0.25, 0.3) is 0 Å². The predicted molar refractivity (Wildman–Crippen MR) is 95.2 cm³/mol. The summed E-state index contributed by atoms with van der Waals surface area (Å²) in [6.45, 7) is 4.81. The van der Waals surface area contributed by atoms with Crippen molar-refractivity contribution in [3.63, 3.8) is 0 Å². The zero-order chi connectivity index (χ0) is 17.5. The van der Waals surface area contributed by atoms with Gasteiger partial charge in [0.1, 0.15) is 18.5 Å². The predicted octanol–water partition coefficient (Wildman–Crippen LogP) is 1.93. The lowest BCUT2D eigenvalue weighted by atomic mass is 9.93. The molecule has 1 amide bonds. The molecule has 1 aliphatic heterocycles. The number of aryl methyl sites for hydroxylation is 1. The number of likely N-dealkylation sites (tertiary alicyclic amines) is 1. The second kappa shape index (κ2) is 9.04. The van der Waals surface area contributed by atoms with Crippen molar-refractivity contribution in [3.8, 4) is 5.75 Å². The summed E-state index contributed by atoms with van der Waals surface area (Å²) in [5.74, 6) is 1.51. The van der Waals surface area contributed by atoms with Gasteiger partial charge < -0.3 is 19.6 Å². The lowest BCUT2D eigenvalue weighted by molar-refractivity contribution is -0.130. The Balaban J connectivity index is 1.68. The van der Waals surface area contributed by atoms with E-state index in [1.807, 2.05) is 45.3 Å². The number of nitrogens with zero attached hydrogens (tertiary/aromatic N) is 2. The van der Waals surface area contributed by atoms with Crippen LogP contribution in [0.4, 0.5) is 0 Å². The number of carbonyl (C=O) groups excluding carboxylic acids is 1. The van der Waals surface area contributed by atoms with Crippen molar-refractivity contribution in [2.24, 2.45) is 5.92 Å². The second-order valence-corrected chi connectivity index (χ2v) is 6.97. The molecule has 1 aromatic rings. The SMILES string of the molecule is Cc1ccccc1OCC(O)CN1CCC(CC(=O)N(C)C)CC1. The number of carbonyl (C=O) groups is 1. The van der Waals surface area contributed by atoms with Crippen LogP contribution in [0.1, 0.15) is 24.8 Å². The topological polar surface area (TPSA) is 53.0 Å². The maximum atomic E-state index is 11.8. The summed E-state index contributed by atoms with van der Waals surface area (Å²) in [4.78, 5) is 15.7. The fourth-order valence-corrected chi connectivity index (χ4v) is 3.06. The molecule has 1 heterocycles. The summed E-state index contributed by atoms with van der Waals surface area (Å²) in [6, 6.07) is 7.84. The molecule has 0 bridgehead atoms. The molecule has 5 nitrogen and oxygen atoms in total. The number of aliphatic hydroxyl groups excluding tert-OH is 1. The van der Waals surface area contributed by atoms with Crippen LogP contribution in [0.5, 0.6) is 5.75 Å². The number of hydrogen-bond donors (Lipinski definition) is 1.